The molecule has 1 aromatic heterocycles. The molecule has 0 unspecified atom stereocenters. The lowest BCUT2D eigenvalue weighted by molar-refractivity contribution is 0.884. The summed E-state index contributed by atoms with van der Waals surface area (Å²) >= 11 is 7.25. The van der Waals surface area contributed by atoms with Gasteiger partial charge in [0.1, 0.15) is 0 Å². The average molecular weight is 343 g/mol. The number of amidine groups is 1. The fourth-order valence-electron chi connectivity index (χ4n) is 2.23. The van der Waals surface area contributed by atoms with Gasteiger partial charge >= 0.3 is 0 Å². The molecule has 23 heavy (non-hydrogen) atoms. The predicted molar refractivity (Wildman–Crippen MR) is 97.2 cm³/mol. The summed E-state index contributed by atoms with van der Waals surface area (Å²) in [5.41, 5.74) is 9.34. The van der Waals surface area contributed by atoms with E-state index in [0.29, 0.717) is 10.8 Å². The van der Waals surface area contributed by atoms with E-state index in [0.717, 1.165) is 22.5 Å². The van der Waals surface area contributed by atoms with Gasteiger partial charge in [-0.25, -0.2) is 4.68 Å². The molecule has 0 fully saturated rings. The van der Waals surface area contributed by atoms with Crippen LogP contribution >= 0.6 is 23.4 Å². The SMILES string of the molecule is N=C(N)SCc1cn(-c2ccccc2)nc1-c1ccc(Cl)cc1. The molecule has 4 nitrogen and oxygen atoms in total. The first-order chi connectivity index (χ1) is 11.1. The van der Waals surface area contributed by atoms with Crippen molar-refractivity contribution in [3.8, 4) is 16.9 Å². The third-order valence-corrected chi connectivity index (χ3v) is 4.33. The van der Waals surface area contributed by atoms with Gasteiger partial charge in [0.05, 0.1) is 11.4 Å². The number of nitrogens with two attached hydrogens (primary N) is 1. The normalized spacial score (nSPS) is 10.7. The molecular formula is C17H15ClN4S. The van der Waals surface area contributed by atoms with Crippen molar-refractivity contribution in [1.29, 1.82) is 5.41 Å². The Balaban J connectivity index is 2.03. The third kappa shape index (κ3) is 3.75. The van der Waals surface area contributed by atoms with Gasteiger partial charge in [0.2, 0.25) is 0 Å². The monoisotopic (exact) mass is 342 g/mol. The summed E-state index contributed by atoms with van der Waals surface area (Å²) in [6, 6.07) is 17.5. The Bertz CT molecular complexity index is 812. The average Bonchev–Trinajstić information content (AvgIpc) is 2.99. The highest BCUT2D eigenvalue weighted by atomic mass is 35.5. The van der Waals surface area contributed by atoms with Gasteiger partial charge in [0, 0.05) is 28.1 Å². The van der Waals surface area contributed by atoms with Crippen molar-refractivity contribution in [3.05, 3.63) is 71.4 Å². The van der Waals surface area contributed by atoms with Gasteiger partial charge in [-0.05, 0) is 24.3 Å². The standard InChI is InChI=1S/C17H15ClN4S/c18-14-8-6-12(7-9-14)16-13(11-23-17(19)20)10-22(21-16)15-4-2-1-3-5-15/h1-10H,11H2,(H3,19,20). The highest BCUT2D eigenvalue weighted by Crippen LogP contribution is 2.27. The van der Waals surface area contributed by atoms with Crippen LogP contribution in [-0.2, 0) is 5.75 Å². The number of benzene rings is 2. The molecule has 0 aliphatic heterocycles. The molecule has 0 bridgehead atoms. The highest BCUT2D eigenvalue weighted by Gasteiger charge is 2.13. The van der Waals surface area contributed by atoms with Crippen LogP contribution in [0.15, 0.2) is 60.8 Å². The van der Waals surface area contributed by atoms with E-state index < -0.39 is 0 Å². The molecule has 3 rings (SSSR count). The summed E-state index contributed by atoms with van der Waals surface area (Å²) in [4.78, 5) is 0. The zero-order valence-corrected chi connectivity index (χ0v) is 13.8. The molecule has 0 spiro atoms. The fourth-order valence-corrected chi connectivity index (χ4v) is 2.88. The quantitative estimate of drug-likeness (QED) is 0.548. The lowest BCUT2D eigenvalue weighted by Gasteiger charge is -2.02. The van der Waals surface area contributed by atoms with Crippen LogP contribution in [-0.4, -0.2) is 14.9 Å². The van der Waals surface area contributed by atoms with E-state index in [1.54, 1.807) is 0 Å². The Morgan fingerprint density at radius 2 is 1.83 bits per heavy atom. The van der Waals surface area contributed by atoms with Crippen LogP contribution in [0.2, 0.25) is 5.02 Å². The molecule has 2 aromatic carbocycles. The van der Waals surface area contributed by atoms with Crippen molar-refractivity contribution in [2.75, 3.05) is 0 Å². The molecule has 6 heteroatoms. The molecule has 0 saturated carbocycles. The minimum atomic E-state index is 0.0968. The Kier molecular flexibility index (Phi) is 4.69. The molecule has 116 valence electrons. The maximum Gasteiger partial charge on any atom is 0.151 e. The van der Waals surface area contributed by atoms with Crippen LogP contribution in [0.1, 0.15) is 5.56 Å². The largest absolute Gasteiger partial charge is 0.379 e. The lowest BCUT2D eigenvalue weighted by Crippen LogP contribution is -2.03. The van der Waals surface area contributed by atoms with E-state index in [4.69, 9.17) is 27.8 Å². The van der Waals surface area contributed by atoms with Gasteiger partial charge in [0.25, 0.3) is 0 Å². The fraction of sp³-hybridized carbons (Fsp3) is 0.0588. The number of aromatic nitrogens is 2. The van der Waals surface area contributed by atoms with E-state index in [-0.39, 0.29) is 5.17 Å². The number of para-hydroxylation sites is 1. The van der Waals surface area contributed by atoms with E-state index in [2.05, 4.69) is 0 Å². The highest BCUT2D eigenvalue weighted by molar-refractivity contribution is 8.13. The van der Waals surface area contributed by atoms with Crippen LogP contribution in [0, 0.1) is 5.41 Å². The van der Waals surface area contributed by atoms with Crippen molar-refractivity contribution in [1.82, 2.24) is 9.78 Å². The number of hydrogen-bond acceptors (Lipinski definition) is 3. The number of thioether (sulfide) groups is 1. The molecule has 3 aromatic rings. The molecule has 0 amide bonds. The number of nitrogens with one attached hydrogen (secondary N) is 1. The second-order valence-corrected chi connectivity index (χ2v) is 6.40. The second-order valence-electron chi connectivity index (χ2n) is 4.94. The zero-order valence-electron chi connectivity index (χ0n) is 12.2. The van der Waals surface area contributed by atoms with Crippen molar-refractivity contribution in [2.45, 2.75) is 5.75 Å². The molecule has 0 radical (unpaired) electrons. The Labute approximate surface area is 143 Å². The van der Waals surface area contributed by atoms with Crippen LogP contribution in [0.25, 0.3) is 16.9 Å². The third-order valence-electron chi connectivity index (χ3n) is 3.31. The van der Waals surface area contributed by atoms with Crippen LogP contribution in [0.5, 0.6) is 0 Å². The second kappa shape index (κ2) is 6.89. The van der Waals surface area contributed by atoms with Gasteiger partial charge in [-0.2, -0.15) is 5.10 Å². The van der Waals surface area contributed by atoms with E-state index >= 15 is 0 Å². The molecule has 0 atom stereocenters. The van der Waals surface area contributed by atoms with Gasteiger partial charge in [0.15, 0.2) is 5.17 Å². The number of halogens is 1. The van der Waals surface area contributed by atoms with Gasteiger partial charge in [-0.1, -0.05) is 53.7 Å². The summed E-state index contributed by atoms with van der Waals surface area (Å²) in [5.74, 6) is 0.597. The van der Waals surface area contributed by atoms with Gasteiger partial charge in [-0.3, -0.25) is 5.41 Å². The van der Waals surface area contributed by atoms with Gasteiger partial charge in [-0.15, -0.1) is 0 Å². The summed E-state index contributed by atoms with van der Waals surface area (Å²) in [5, 5.41) is 12.9. The Morgan fingerprint density at radius 3 is 2.48 bits per heavy atom. The predicted octanol–water partition coefficient (Wildman–Crippen LogP) is 4.32. The Morgan fingerprint density at radius 1 is 1.13 bits per heavy atom. The number of hydrogen-bond donors (Lipinski definition) is 2. The Hall–Kier alpha value is -2.24. The van der Waals surface area contributed by atoms with E-state index in [1.807, 2.05) is 65.5 Å². The summed E-state index contributed by atoms with van der Waals surface area (Å²) < 4.78 is 1.85. The number of rotatable bonds is 4. The van der Waals surface area contributed by atoms with Crippen molar-refractivity contribution >= 4 is 28.5 Å². The van der Waals surface area contributed by atoms with Gasteiger partial charge < -0.3 is 5.73 Å². The van der Waals surface area contributed by atoms with Crippen molar-refractivity contribution in [2.24, 2.45) is 5.73 Å². The van der Waals surface area contributed by atoms with E-state index in [9.17, 15) is 0 Å². The molecular weight excluding hydrogens is 328 g/mol. The zero-order chi connectivity index (χ0) is 16.2. The summed E-state index contributed by atoms with van der Waals surface area (Å²) in [7, 11) is 0. The van der Waals surface area contributed by atoms with E-state index in [1.165, 1.54) is 11.8 Å². The van der Waals surface area contributed by atoms with Crippen LogP contribution in [0.3, 0.4) is 0 Å². The molecule has 0 saturated heterocycles. The topological polar surface area (TPSA) is 67.7 Å². The molecule has 0 aliphatic rings. The van der Waals surface area contributed by atoms with Crippen LogP contribution in [0.4, 0.5) is 0 Å². The number of nitrogens with zero attached hydrogens (tertiary/aromatic N) is 2. The first-order valence-electron chi connectivity index (χ1n) is 7.00. The summed E-state index contributed by atoms with van der Waals surface area (Å²) in [6.45, 7) is 0. The molecule has 0 aliphatic carbocycles. The minimum Gasteiger partial charge on any atom is -0.379 e. The van der Waals surface area contributed by atoms with Crippen LogP contribution < -0.4 is 5.73 Å². The minimum absolute atomic E-state index is 0.0968. The maximum atomic E-state index is 7.41. The first kappa shape index (κ1) is 15.6. The first-order valence-corrected chi connectivity index (χ1v) is 8.36. The van der Waals surface area contributed by atoms with Crippen molar-refractivity contribution in [3.63, 3.8) is 0 Å². The van der Waals surface area contributed by atoms with Crippen molar-refractivity contribution < 1.29 is 0 Å². The summed E-state index contributed by atoms with van der Waals surface area (Å²) in [6.07, 6.45) is 1.98. The molecule has 1 heterocycles. The molecule has 3 N–H and O–H groups in total. The lowest BCUT2D eigenvalue weighted by atomic mass is 10.1. The smallest absolute Gasteiger partial charge is 0.151 e. The maximum absolute atomic E-state index is 7.41.